The highest BCUT2D eigenvalue weighted by Crippen LogP contribution is 2.31. The maximum absolute atomic E-state index is 10.2. The predicted octanol–water partition coefficient (Wildman–Crippen LogP) is 3.83. The summed E-state index contributed by atoms with van der Waals surface area (Å²) in [7, 11) is 4.36. The molecule has 1 aliphatic carbocycles. The van der Waals surface area contributed by atoms with Crippen LogP contribution in [0.2, 0.25) is 0 Å². The van der Waals surface area contributed by atoms with E-state index < -0.39 is 0 Å². The number of rotatable bonds is 8. The second-order valence-corrected chi connectivity index (χ2v) is 6.25. The van der Waals surface area contributed by atoms with Crippen molar-refractivity contribution in [2.45, 2.75) is 83.3 Å². The van der Waals surface area contributed by atoms with Crippen LogP contribution in [0.1, 0.15) is 71.1 Å². The minimum absolute atomic E-state index is 0.0539. The molecular weight excluding hydrogens is 222 g/mol. The fraction of sp³-hybridized carbons (Fsp3) is 1.00. The predicted molar refractivity (Wildman–Crippen MR) is 78.8 cm³/mol. The summed E-state index contributed by atoms with van der Waals surface area (Å²) in [5.74, 6) is 0.514. The van der Waals surface area contributed by atoms with Gasteiger partial charge in [0.2, 0.25) is 0 Å². The Morgan fingerprint density at radius 1 is 1.06 bits per heavy atom. The number of unbranched alkanes of at least 4 members (excludes halogenated alkanes) is 4. The molecule has 0 aromatic carbocycles. The summed E-state index contributed by atoms with van der Waals surface area (Å²) < 4.78 is 0. The third kappa shape index (κ3) is 5.27. The lowest BCUT2D eigenvalue weighted by molar-refractivity contribution is 0.0194. The minimum atomic E-state index is -0.0539. The average molecular weight is 255 g/mol. The van der Waals surface area contributed by atoms with Crippen molar-refractivity contribution in [3.63, 3.8) is 0 Å². The van der Waals surface area contributed by atoms with Gasteiger partial charge in [-0.05, 0) is 33.4 Å². The highest BCUT2D eigenvalue weighted by molar-refractivity contribution is 4.84. The monoisotopic (exact) mass is 255 g/mol. The molecule has 1 aliphatic rings. The molecule has 0 saturated heterocycles. The molecule has 0 radical (unpaired) electrons. The van der Waals surface area contributed by atoms with E-state index in [0.717, 1.165) is 6.42 Å². The molecule has 1 fully saturated rings. The first-order chi connectivity index (χ1) is 8.66. The van der Waals surface area contributed by atoms with E-state index >= 15 is 0 Å². The Hall–Kier alpha value is -0.0800. The fourth-order valence-electron chi connectivity index (χ4n) is 3.40. The number of hydrogen-bond donors (Lipinski definition) is 1. The van der Waals surface area contributed by atoms with Gasteiger partial charge in [-0.15, -0.1) is 0 Å². The molecule has 2 nitrogen and oxygen atoms in total. The van der Waals surface area contributed by atoms with E-state index in [9.17, 15) is 5.11 Å². The van der Waals surface area contributed by atoms with Crippen LogP contribution >= 0.6 is 0 Å². The molecule has 0 aliphatic heterocycles. The molecule has 1 N–H and O–H groups in total. The number of aliphatic hydroxyl groups excluding tert-OH is 1. The second-order valence-electron chi connectivity index (χ2n) is 6.25. The van der Waals surface area contributed by atoms with Crippen LogP contribution in [0.25, 0.3) is 0 Å². The van der Waals surface area contributed by atoms with Crippen molar-refractivity contribution >= 4 is 0 Å². The van der Waals surface area contributed by atoms with Gasteiger partial charge in [0.1, 0.15) is 0 Å². The van der Waals surface area contributed by atoms with E-state index in [0.29, 0.717) is 12.0 Å². The third-order valence-corrected chi connectivity index (χ3v) is 4.54. The van der Waals surface area contributed by atoms with Gasteiger partial charge in [-0.25, -0.2) is 0 Å². The summed E-state index contributed by atoms with van der Waals surface area (Å²) in [6.07, 6.45) is 12.7. The molecule has 1 saturated carbocycles. The summed E-state index contributed by atoms with van der Waals surface area (Å²) in [6.45, 7) is 2.26. The molecule has 3 atom stereocenters. The Kier molecular flexibility index (Phi) is 7.92. The summed E-state index contributed by atoms with van der Waals surface area (Å²) in [6, 6.07) is 0.585. The van der Waals surface area contributed by atoms with E-state index in [2.05, 4.69) is 25.9 Å². The van der Waals surface area contributed by atoms with Crippen LogP contribution < -0.4 is 0 Å². The summed E-state index contributed by atoms with van der Waals surface area (Å²) in [4.78, 5) is 2.35. The van der Waals surface area contributed by atoms with Crippen LogP contribution in [0.5, 0.6) is 0 Å². The van der Waals surface area contributed by atoms with Gasteiger partial charge < -0.3 is 10.0 Å². The lowest BCUT2D eigenvalue weighted by Crippen LogP contribution is -2.42. The molecule has 0 aromatic rings. The Balaban J connectivity index is 2.34. The smallest absolute Gasteiger partial charge is 0.0583 e. The van der Waals surface area contributed by atoms with Crippen molar-refractivity contribution in [2.75, 3.05) is 14.1 Å². The Labute approximate surface area is 114 Å². The highest BCUT2D eigenvalue weighted by Gasteiger charge is 2.31. The summed E-state index contributed by atoms with van der Waals surface area (Å²) >= 11 is 0. The zero-order valence-corrected chi connectivity index (χ0v) is 12.7. The lowest BCUT2D eigenvalue weighted by Gasteiger charge is -2.38. The van der Waals surface area contributed by atoms with Gasteiger partial charge in [-0.3, -0.25) is 0 Å². The van der Waals surface area contributed by atoms with Crippen molar-refractivity contribution in [3.8, 4) is 0 Å². The molecule has 0 heterocycles. The van der Waals surface area contributed by atoms with E-state index in [1.165, 1.54) is 57.8 Å². The normalized spacial score (nSPS) is 26.5. The van der Waals surface area contributed by atoms with E-state index in [-0.39, 0.29) is 6.10 Å². The molecule has 108 valence electrons. The van der Waals surface area contributed by atoms with Gasteiger partial charge >= 0.3 is 0 Å². The maximum atomic E-state index is 10.2. The van der Waals surface area contributed by atoms with Crippen LogP contribution in [0.15, 0.2) is 0 Å². The van der Waals surface area contributed by atoms with Crippen LogP contribution in [0, 0.1) is 5.92 Å². The van der Waals surface area contributed by atoms with Gasteiger partial charge in [-0.2, -0.15) is 0 Å². The van der Waals surface area contributed by atoms with Gasteiger partial charge in [0.05, 0.1) is 6.10 Å². The fourth-order valence-corrected chi connectivity index (χ4v) is 3.40. The van der Waals surface area contributed by atoms with Gasteiger partial charge in [0.25, 0.3) is 0 Å². The minimum Gasteiger partial charge on any atom is -0.393 e. The van der Waals surface area contributed by atoms with Crippen molar-refractivity contribution in [2.24, 2.45) is 5.92 Å². The SMILES string of the molecule is CCCCCCCC(C1CCCCC1O)N(C)C. The molecule has 1 rings (SSSR count). The summed E-state index contributed by atoms with van der Waals surface area (Å²) in [5.41, 5.74) is 0. The molecule has 0 aromatic heterocycles. The first-order valence-electron chi connectivity index (χ1n) is 8.01. The average Bonchev–Trinajstić information content (AvgIpc) is 2.35. The van der Waals surface area contributed by atoms with Crippen molar-refractivity contribution < 1.29 is 5.11 Å². The number of nitrogens with zero attached hydrogens (tertiary/aromatic N) is 1. The topological polar surface area (TPSA) is 23.5 Å². The Morgan fingerprint density at radius 3 is 2.33 bits per heavy atom. The third-order valence-electron chi connectivity index (χ3n) is 4.54. The van der Waals surface area contributed by atoms with E-state index in [1.54, 1.807) is 0 Å². The molecule has 3 unspecified atom stereocenters. The van der Waals surface area contributed by atoms with Gasteiger partial charge in [0.15, 0.2) is 0 Å². The first-order valence-corrected chi connectivity index (χ1v) is 8.01. The van der Waals surface area contributed by atoms with E-state index in [1.807, 2.05) is 0 Å². The lowest BCUT2D eigenvalue weighted by atomic mass is 9.79. The van der Waals surface area contributed by atoms with Gasteiger partial charge in [0, 0.05) is 12.0 Å². The first kappa shape index (κ1) is 16.0. The largest absolute Gasteiger partial charge is 0.393 e. The van der Waals surface area contributed by atoms with E-state index in [4.69, 9.17) is 0 Å². The standard InChI is InChI=1S/C16H33NO/c1-4-5-6-7-8-12-15(17(2)3)14-11-9-10-13-16(14)18/h14-16,18H,4-13H2,1-3H3. The van der Waals surface area contributed by atoms with Crippen molar-refractivity contribution in [1.29, 1.82) is 0 Å². The molecule has 0 bridgehead atoms. The number of hydrogen-bond acceptors (Lipinski definition) is 2. The molecule has 0 amide bonds. The van der Waals surface area contributed by atoms with Crippen molar-refractivity contribution in [3.05, 3.63) is 0 Å². The molecular formula is C16H33NO. The van der Waals surface area contributed by atoms with Crippen LogP contribution in [-0.2, 0) is 0 Å². The maximum Gasteiger partial charge on any atom is 0.0583 e. The quantitative estimate of drug-likeness (QED) is 0.666. The zero-order valence-electron chi connectivity index (χ0n) is 12.7. The number of aliphatic hydroxyl groups is 1. The highest BCUT2D eigenvalue weighted by atomic mass is 16.3. The summed E-state index contributed by atoms with van der Waals surface area (Å²) in [5, 5.41) is 10.2. The van der Waals surface area contributed by atoms with Crippen LogP contribution in [0.4, 0.5) is 0 Å². The molecule has 0 spiro atoms. The van der Waals surface area contributed by atoms with Crippen molar-refractivity contribution in [1.82, 2.24) is 4.90 Å². The van der Waals surface area contributed by atoms with Gasteiger partial charge in [-0.1, -0.05) is 51.9 Å². The second kappa shape index (κ2) is 8.92. The zero-order chi connectivity index (χ0) is 13.4. The van der Waals surface area contributed by atoms with Crippen LogP contribution in [-0.4, -0.2) is 36.2 Å². The van der Waals surface area contributed by atoms with Crippen LogP contribution in [0.3, 0.4) is 0 Å². The molecule has 18 heavy (non-hydrogen) atoms. The molecule has 2 heteroatoms. The Morgan fingerprint density at radius 2 is 1.72 bits per heavy atom. The Bertz CT molecular complexity index is 205.